The Morgan fingerprint density at radius 1 is 0.956 bits per heavy atom. The average molecular weight is 638 g/mol. The van der Waals surface area contributed by atoms with Gasteiger partial charge < -0.3 is 10.1 Å². The van der Waals surface area contributed by atoms with E-state index in [1.807, 2.05) is 0 Å². The smallest absolute Gasteiger partial charge is 0.435 e. The first-order valence-corrected chi connectivity index (χ1v) is 14.2. The number of carbonyl (C=O) groups excluding carboxylic acids is 2. The van der Waals surface area contributed by atoms with Crippen LogP contribution in [0.4, 0.5) is 32.0 Å². The number of halogens is 6. The Morgan fingerprint density at radius 3 is 2.16 bits per heavy atom. The first-order chi connectivity index (χ1) is 20.8. The van der Waals surface area contributed by atoms with Gasteiger partial charge >= 0.3 is 18.3 Å². The Kier molecular flexibility index (Phi) is 9.24. The zero-order chi connectivity index (χ0) is 33.4. The van der Waals surface area contributed by atoms with Gasteiger partial charge in [0.15, 0.2) is 5.69 Å². The fourth-order valence-electron chi connectivity index (χ4n) is 4.93. The molecule has 2 unspecified atom stereocenters. The van der Waals surface area contributed by atoms with Crippen molar-refractivity contribution in [2.24, 2.45) is 11.3 Å². The fraction of sp³-hybridized carbons (Fsp3) is 0.438. The number of hydrogen-bond acceptors (Lipinski definition) is 5. The highest BCUT2D eigenvalue weighted by Gasteiger charge is 2.52. The second-order valence-corrected chi connectivity index (χ2v) is 12.4. The molecule has 0 bridgehead atoms. The third-order valence-corrected chi connectivity index (χ3v) is 7.55. The number of amides is 1. The number of hydrogen-bond donors (Lipinski definition) is 1. The predicted molar refractivity (Wildman–Crippen MR) is 153 cm³/mol. The number of benzene rings is 2. The number of nitrogens with one attached hydrogen (secondary N) is 1. The highest BCUT2D eigenvalue weighted by Crippen LogP contribution is 2.50. The molecule has 1 heterocycles. The maximum Gasteiger partial charge on any atom is 0.435 e. The van der Waals surface area contributed by atoms with Crippen LogP contribution in [0.15, 0.2) is 65.5 Å². The molecular weight excluding hydrogens is 604 g/mol. The summed E-state index contributed by atoms with van der Waals surface area (Å²) in [7, 11) is 0. The molecule has 1 aromatic heterocycles. The summed E-state index contributed by atoms with van der Waals surface area (Å²) in [5, 5.41) is 5.90. The van der Waals surface area contributed by atoms with Crippen molar-refractivity contribution in [1.29, 1.82) is 0 Å². The van der Waals surface area contributed by atoms with Crippen LogP contribution in [-0.2, 0) is 33.5 Å². The Labute approximate surface area is 255 Å². The first-order valence-electron chi connectivity index (χ1n) is 14.2. The van der Waals surface area contributed by atoms with Crippen LogP contribution in [0, 0.1) is 11.3 Å². The SMILES string of the molecule is CC(C(C(=O)Nc1cccc(CC2(C(=O)OC(C)(C)C)CC2)c1)c1ccc(Cn2nc(C(F)(F)F)ccc2=O)cc1)C(F)(F)F. The number of esters is 1. The summed E-state index contributed by atoms with van der Waals surface area (Å²) in [5.74, 6) is -5.01. The van der Waals surface area contributed by atoms with Crippen LogP contribution in [0.3, 0.4) is 0 Å². The van der Waals surface area contributed by atoms with E-state index in [9.17, 15) is 40.7 Å². The van der Waals surface area contributed by atoms with Crippen molar-refractivity contribution >= 4 is 17.6 Å². The van der Waals surface area contributed by atoms with Gasteiger partial charge in [-0.05, 0) is 74.9 Å². The summed E-state index contributed by atoms with van der Waals surface area (Å²) in [6.07, 6.45) is -7.89. The monoisotopic (exact) mass is 637 g/mol. The molecule has 2 atom stereocenters. The molecule has 1 aliphatic rings. The number of carbonyl (C=O) groups is 2. The minimum atomic E-state index is -4.77. The van der Waals surface area contributed by atoms with E-state index in [1.165, 1.54) is 30.3 Å². The molecule has 7 nitrogen and oxygen atoms in total. The highest BCUT2D eigenvalue weighted by atomic mass is 19.4. The number of ether oxygens (including phenoxy) is 1. The van der Waals surface area contributed by atoms with Crippen molar-refractivity contribution in [3.8, 4) is 0 Å². The number of nitrogens with zero attached hydrogens (tertiary/aromatic N) is 2. The fourth-order valence-corrected chi connectivity index (χ4v) is 4.93. The van der Waals surface area contributed by atoms with Gasteiger partial charge in [-0.2, -0.15) is 31.4 Å². The first kappa shape index (κ1) is 33.7. The Morgan fingerprint density at radius 2 is 1.60 bits per heavy atom. The number of anilines is 1. The summed E-state index contributed by atoms with van der Waals surface area (Å²) in [6.45, 7) is 5.85. The van der Waals surface area contributed by atoms with Crippen LogP contribution in [0.5, 0.6) is 0 Å². The minimum Gasteiger partial charge on any atom is -0.460 e. The van der Waals surface area contributed by atoms with Gasteiger partial charge in [-0.3, -0.25) is 14.4 Å². The molecule has 1 aliphatic carbocycles. The molecule has 2 aromatic carbocycles. The maximum absolute atomic E-state index is 13.9. The topological polar surface area (TPSA) is 90.3 Å². The summed E-state index contributed by atoms with van der Waals surface area (Å²) in [6, 6.07) is 13.0. The second-order valence-electron chi connectivity index (χ2n) is 12.4. The minimum absolute atomic E-state index is 0.0171. The molecule has 1 amide bonds. The van der Waals surface area contributed by atoms with Gasteiger partial charge in [0.25, 0.3) is 5.56 Å². The van der Waals surface area contributed by atoms with E-state index < -0.39 is 52.4 Å². The summed E-state index contributed by atoms with van der Waals surface area (Å²) in [4.78, 5) is 38.2. The van der Waals surface area contributed by atoms with E-state index in [-0.39, 0.29) is 29.3 Å². The Hall–Kier alpha value is -4.16. The van der Waals surface area contributed by atoms with Gasteiger partial charge in [-0.25, -0.2) is 4.68 Å². The van der Waals surface area contributed by atoms with Gasteiger partial charge in [-0.15, -0.1) is 0 Å². The Balaban J connectivity index is 1.54. The molecule has 13 heteroatoms. The lowest BCUT2D eigenvalue weighted by Crippen LogP contribution is -2.34. The molecule has 0 radical (unpaired) electrons. The molecule has 1 fully saturated rings. The number of aromatic nitrogens is 2. The quantitative estimate of drug-likeness (QED) is 0.204. The van der Waals surface area contributed by atoms with Crippen molar-refractivity contribution in [2.75, 3.05) is 5.32 Å². The van der Waals surface area contributed by atoms with E-state index >= 15 is 0 Å². The lowest BCUT2D eigenvalue weighted by Gasteiger charge is -2.26. The number of rotatable bonds is 9. The third kappa shape index (κ3) is 8.52. The van der Waals surface area contributed by atoms with E-state index in [1.54, 1.807) is 39.0 Å². The van der Waals surface area contributed by atoms with Crippen molar-refractivity contribution in [3.05, 3.63) is 93.4 Å². The lowest BCUT2D eigenvalue weighted by molar-refractivity contribution is -0.178. The maximum atomic E-state index is 13.9. The van der Waals surface area contributed by atoms with Crippen LogP contribution >= 0.6 is 0 Å². The normalized spacial score (nSPS) is 16.0. The van der Waals surface area contributed by atoms with E-state index in [0.717, 1.165) is 13.0 Å². The predicted octanol–water partition coefficient (Wildman–Crippen LogP) is 6.90. The molecule has 0 saturated heterocycles. The largest absolute Gasteiger partial charge is 0.460 e. The van der Waals surface area contributed by atoms with Crippen LogP contribution < -0.4 is 10.9 Å². The van der Waals surface area contributed by atoms with Gasteiger partial charge in [0, 0.05) is 11.8 Å². The van der Waals surface area contributed by atoms with Crippen LogP contribution in [0.25, 0.3) is 0 Å². The summed E-state index contributed by atoms with van der Waals surface area (Å²) >= 11 is 0. The van der Waals surface area contributed by atoms with E-state index in [0.29, 0.717) is 35.6 Å². The van der Waals surface area contributed by atoms with Crippen molar-refractivity contribution in [3.63, 3.8) is 0 Å². The average Bonchev–Trinajstić information content (AvgIpc) is 3.70. The molecule has 1 saturated carbocycles. The molecular formula is C32H33F6N3O4. The van der Waals surface area contributed by atoms with E-state index in [2.05, 4.69) is 10.4 Å². The van der Waals surface area contributed by atoms with Gasteiger partial charge in [-0.1, -0.05) is 43.3 Å². The highest BCUT2D eigenvalue weighted by molar-refractivity contribution is 5.96. The lowest BCUT2D eigenvalue weighted by atomic mass is 9.85. The molecule has 4 rings (SSSR count). The van der Waals surface area contributed by atoms with Gasteiger partial charge in [0.05, 0.1) is 23.8 Å². The van der Waals surface area contributed by atoms with Gasteiger partial charge in [0.1, 0.15) is 5.60 Å². The second kappa shape index (κ2) is 12.3. The third-order valence-electron chi connectivity index (χ3n) is 7.55. The summed E-state index contributed by atoms with van der Waals surface area (Å²) in [5.41, 5.74) is -2.13. The number of alkyl halides is 6. The van der Waals surface area contributed by atoms with Crippen molar-refractivity contribution < 1.29 is 40.7 Å². The molecule has 3 aromatic rings. The Bertz CT molecular complexity index is 1600. The molecule has 0 aliphatic heterocycles. The molecule has 242 valence electrons. The molecule has 1 N–H and O–H groups in total. The van der Waals surface area contributed by atoms with Crippen molar-refractivity contribution in [1.82, 2.24) is 9.78 Å². The van der Waals surface area contributed by atoms with Gasteiger partial charge in [0.2, 0.25) is 5.91 Å². The summed E-state index contributed by atoms with van der Waals surface area (Å²) < 4.78 is 87.0. The zero-order valence-electron chi connectivity index (χ0n) is 25.1. The van der Waals surface area contributed by atoms with Crippen LogP contribution in [0.1, 0.15) is 68.8 Å². The van der Waals surface area contributed by atoms with Crippen LogP contribution in [0.2, 0.25) is 0 Å². The molecule has 0 spiro atoms. The van der Waals surface area contributed by atoms with Crippen LogP contribution in [-0.4, -0.2) is 33.4 Å². The standard InChI is InChI=1S/C32H33F6N3O4/c1-19(31(33,34)35)26(22-10-8-20(9-11-22)18-41-25(42)13-12-24(40-41)32(36,37)38)27(43)39-23-7-5-6-21(16-23)17-30(14-15-30)28(44)45-29(2,3)4/h5-13,16,19,26H,14-15,17-18H2,1-4H3,(H,39,43). The van der Waals surface area contributed by atoms with E-state index in [4.69, 9.17) is 4.74 Å². The van der Waals surface area contributed by atoms with Crippen molar-refractivity contribution in [2.45, 2.75) is 77.4 Å². The zero-order valence-corrected chi connectivity index (χ0v) is 25.1. The molecule has 45 heavy (non-hydrogen) atoms.